The summed E-state index contributed by atoms with van der Waals surface area (Å²) >= 11 is 11.2. The molecule has 0 radical (unpaired) electrons. The molecule has 0 saturated carbocycles. The maximum Gasteiger partial charge on any atom is 0.255 e. The van der Waals surface area contributed by atoms with Gasteiger partial charge < -0.3 is 25.8 Å². The highest BCUT2D eigenvalue weighted by atomic mass is 35.5. The lowest BCUT2D eigenvalue weighted by Gasteiger charge is -2.34. The van der Waals surface area contributed by atoms with Crippen LogP contribution in [0.25, 0.3) is 10.8 Å². The van der Waals surface area contributed by atoms with Crippen LogP contribution in [0.3, 0.4) is 0 Å². The number of halogens is 3. The Morgan fingerprint density at radius 1 is 1.08 bits per heavy atom. The Labute approximate surface area is 315 Å². The van der Waals surface area contributed by atoms with E-state index in [-0.39, 0.29) is 35.4 Å². The van der Waals surface area contributed by atoms with Crippen LogP contribution in [-0.2, 0) is 22.4 Å². The lowest BCUT2D eigenvalue weighted by molar-refractivity contribution is -0.118. The van der Waals surface area contributed by atoms with E-state index in [2.05, 4.69) is 11.0 Å². The summed E-state index contributed by atoms with van der Waals surface area (Å²) < 4.78 is 27.3. The van der Waals surface area contributed by atoms with E-state index in [0.717, 1.165) is 17.0 Å². The van der Waals surface area contributed by atoms with Gasteiger partial charge in [0.2, 0.25) is 5.91 Å². The number of nitrogens with zero attached hydrogens (tertiary/aromatic N) is 3. The lowest BCUT2D eigenvalue weighted by atomic mass is 9.87. The van der Waals surface area contributed by atoms with Crippen LogP contribution in [0.1, 0.15) is 81.0 Å². The molecule has 4 N–H and O–H groups in total. The van der Waals surface area contributed by atoms with Gasteiger partial charge in [0.15, 0.2) is 4.90 Å². The summed E-state index contributed by atoms with van der Waals surface area (Å²) in [5.41, 5.74) is 13.9. The number of piperidine rings is 1. The van der Waals surface area contributed by atoms with Crippen LogP contribution in [0, 0.1) is 17.1 Å². The van der Waals surface area contributed by atoms with Crippen molar-refractivity contribution in [3.05, 3.63) is 110 Å². The molecule has 0 aliphatic carbocycles. The van der Waals surface area contributed by atoms with Crippen molar-refractivity contribution in [3.8, 4) is 6.07 Å². The van der Waals surface area contributed by atoms with Crippen LogP contribution in [0.15, 0.2) is 65.6 Å². The number of nitriles is 1. The molecular weight excluding hydrogens is 724 g/mol. The van der Waals surface area contributed by atoms with Gasteiger partial charge in [-0.15, -0.1) is 0 Å². The summed E-state index contributed by atoms with van der Waals surface area (Å²) in [6, 6.07) is 19.3. The second-order valence-corrected chi connectivity index (χ2v) is 15.2. The molecule has 1 unspecified atom stereocenters. The molecule has 13 heteroatoms. The number of likely N-dealkylation sites (tertiary alicyclic amines) is 1. The Hall–Kier alpha value is -4.18. The molecule has 5 rings (SSSR count). The summed E-state index contributed by atoms with van der Waals surface area (Å²) in [4.78, 5) is 42.9. The highest BCUT2D eigenvalue weighted by Crippen LogP contribution is 2.35. The molecule has 0 bridgehead atoms. The Morgan fingerprint density at radius 2 is 1.79 bits per heavy atom. The average Bonchev–Trinajstić information content (AvgIpc) is 3.12. The zero-order valence-corrected chi connectivity index (χ0v) is 31.3. The lowest BCUT2D eigenvalue weighted by Crippen LogP contribution is -2.42. The quantitative estimate of drug-likeness (QED) is 0.147. The second kappa shape index (κ2) is 17.1. The standard InChI is InChI=1S/C39H40Cl2FN5O4S/c1-3-28-27(20-43)16-25-6-4-5-7-29(25)37(28)39(50)47(22-36(44)48)21-26(24-8-9-32(40)33(41)17-24)12-15-46-13-10-23(11-14-46)30-18-31(38(45)49)35(52(2)51)19-34(30)42/h4-9,16-19,23,26H,3,10-15,21-22H2,1-2H3,(H2,44,48)(H2,45,49)/t26-,52?/m1/s1. The minimum atomic E-state index is -1.58. The third-order valence-electron chi connectivity index (χ3n) is 9.83. The van der Waals surface area contributed by atoms with E-state index in [0.29, 0.717) is 83.0 Å². The summed E-state index contributed by atoms with van der Waals surface area (Å²) in [6.07, 6.45) is 3.62. The van der Waals surface area contributed by atoms with E-state index in [9.17, 15) is 24.2 Å². The molecule has 0 spiro atoms. The van der Waals surface area contributed by atoms with E-state index in [1.165, 1.54) is 17.2 Å². The van der Waals surface area contributed by atoms with Crippen molar-refractivity contribution >= 4 is 62.9 Å². The normalized spacial score (nSPS) is 14.9. The maximum atomic E-state index is 15.2. The number of primary amides is 2. The summed E-state index contributed by atoms with van der Waals surface area (Å²) in [7, 11) is 0. The van der Waals surface area contributed by atoms with Crippen LogP contribution >= 0.6 is 23.2 Å². The summed E-state index contributed by atoms with van der Waals surface area (Å²) in [6.45, 7) is 3.59. The van der Waals surface area contributed by atoms with Gasteiger partial charge in [0.1, 0.15) is 12.1 Å². The zero-order valence-electron chi connectivity index (χ0n) is 29.0. The van der Waals surface area contributed by atoms with Crippen LogP contribution in [0.5, 0.6) is 0 Å². The van der Waals surface area contributed by atoms with Crippen LogP contribution in [0.4, 0.5) is 4.39 Å². The second-order valence-electron chi connectivity index (χ2n) is 13.1. The number of benzene rings is 4. The highest BCUT2D eigenvalue weighted by molar-refractivity contribution is 7.90. The van der Waals surface area contributed by atoms with Gasteiger partial charge in [0.25, 0.3) is 11.8 Å². The smallest absolute Gasteiger partial charge is 0.255 e. The van der Waals surface area contributed by atoms with Crippen LogP contribution < -0.4 is 11.5 Å². The number of amides is 3. The molecule has 0 aromatic heterocycles. The average molecular weight is 765 g/mol. The van der Waals surface area contributed by atoms with Crippen LogP contribution in [-0.4, -0.2) is 71.1 Å². The van der Waals surface area contributed by atoms with Gasteiger partial charge in [-0.3, -0.25) is 14.4 Å². The Morgan fingerprint density at radius 3 is 2.40 bits per heavy atom. The predicted molar refractivity (Wildman–Crippen MR) is 203 cm³/mol. The first-order chi connectivity index (χ1) is 24.8. The topological polar surface area (TPSA) is 157 Å². The van der Waals surface area contributed by atoms with Crippen molar-refractivity contribution in [2.24, 2.45) is 11.5 Å². The van der Waals surface area contributed by atoms with Crippen molar-refractivity contribution in [2.75, 3.05) is 39.0 Å². The van der Waals surface area contributed by atoms with E-state index >= 15 is 4.39 Å². The largest absolute Gasteiger partial charge is 0.612 e. The van der Waals surface area contributed by atoms with Gasteiger partial charge in [-0.05, 0) is 114 Å². The number of hydrogen-bond donors (Lipinski definition) is 2. The zero-order chi connectivity index (χ0) is 37.7. The molecule has 272 valence electrons. The molecule has 9 nitrogen and oxygen atoms in total. The Balaban J connectivity index is 1.40. The first kappa shape index (κ1) is 39.0. The van der Waals surface area contributed by atoms with Crippen LogP contribution in [0.2, 0.25) is 10.0 Å². The van der Waals surface area contributed by atoms with Gasteiger partial charge in [-0.2, -0.15) is 5.26 Å². The van der Waals surface area contributed by atoms with E-state index in [1.807, 2.05) is 37.3 Å². The number of nitrogens with two attached hydrogens (primary N) is 2. The third-order valence-corrected chi connectivity index (χ3v) is 11.5. The van der Waals surface area contributed by atoms with E-state index in [1.54, 1.807) is 18.2 Å². The van der Waals surface area contributed by atoms with Crippen molar-refractivity contribution in [1.29, 1.82) is 5.26 Å². The maximum absolute atomic E-state index is 15.2. The fourth-order valence-electron chi connectivity index (χ4n) is 7.18. The monoisotopic (exact) mass is 763 g/mol. The molecule has 1 aliphatic heterocycles. The van der Waals surface area contributed by atoms with E-state index < -0.39 is 34.7 Å². The first-order valence-corrected chi connectivity index (χ1v) is 19.3. The van der Waals surface area contributed by atoms with Crippen molar-refractivity contribution in [2.45, 2.75) is 49.3 Å². The van der Waals surface area contributed by atoms with Crippen molar-refractivity contribution in [3.63, 3.8) is 0 Å². The van der Waals surface area contributed by atoms with Crippen molar-refractivity contribution in [1.82, 2.24) is 9.80 Å². The summed E-state index contributed by atoms with van der Waals surface area (Å²) in [5, 5.41) is 12.1. The Kier molecular flexibility index (Phi) is 12.8. The molecule has 4 aromatic rings. The third kappa shape index (κ3) is 8.71. The summed E-state index contributed by atoms with van der Waals surface area (Å²) in [5.74, 6) is -2.78. The number of rotatable bonds is 13. The molecule has 1 fully saturated rings. The van der Waals surface area contributed by atoms with Crippen molar-refractivity contribution < 1.29 is 23.3 Å². The minimum absolute atomic E-state index is 0.0672. The molecule has 1 heterocycles. The molecule has 4 aromatic carbocycles. The van der Waals surface area contributed by atoms with Gasteiger partial charge >= 0.3 is 0 Å². The number of carbonyl (C=O) groups excluding carboxylic acids is 3. The number of fused-ring (bicyclic) bond motifs is 1. The van der Waals surface area contributed by atoms with E-state index in [4.69, 9.17) is 34.7 Å². The van der Waals surface area contributed by atoms with Gasteiger partial charge in [-0.25, -0.2) is 4.39 Å². The highest BCUT2D eigenvalue weighted by Gasteiger charge is 2.30. The molecule has 3 amide bonds. The SMILES string of the molecule is CCc1c(C#N)cc2ccccc2c1C(=O)N(CC(N)=O)C[C@@H](CCN1CCC(c2cc(C(N)=O)c([S+](C)[O-])cc2F)CC1)c1ccc(Cl)c(Cl)c1. The number of carbonyl (C=O) groups is 3. The molecule has 1 aliphatic rings. The molecule has 52 heavy (non-hydrogen) atoms. The fraction of sp³-hybridized carbons (Fsp3) is 0.333. The molecule has 1 saturated heterocycles. The predicted octanol–water partition coefficient (Wildman–Crippen LogP) is 6.54. The van der Waals surface area contributed by atoms with Gasteiger partial charge in [0.05, 0.1) is 39.3 Å². The minimum Gasteiger partial charge on any atom is -0.612 e. The van der Waals surface area contributed by atoms with Gasteiger partial charge in [-0.1, -0.05) is 60.5 Å². The number of hydrogen-bond acceptors (Lipinski definition) is 6. The Bertz CT molecular complexity index is 2050. The molecule has 2 atom stereocenters. The first-order valence-electron chi connectivity index (χ1n) is 17.0. The molecular formula is C39H40Cl2FN5O4S. The van der Waals surface area contributed by atoms with Gasteiger partial charge in [0, 0.05) is 18.5 Å². The fourth-order valence-corrected chi connectivity index (χ4v) is 8.23.